The third-order valence-corrected chi connectivity index (χ3v) is 5.96. The highest BCUT2D eigenvalue weighted by atomic mass is 35.5. The summed E-state index contributed by atoms with van der Waals surface area (Å²) in [6.45, 7) is 4.96. The fourth-order valence-corrected chi connectivity index (χ4v) is 4.61. The lowest BCUT2D eigenvalue weighted by molar-refractivity contribution is -0.0514. The predicted molar refractivity (Wildman–Crippen MR) is 117 cm³/mol. The number of likely N-dealkylation sites (tertiary alicyclic amines) is 1. The molecule has 3 nitrogen and oxygen atoms in total. The normalized spacial score (nSPS) is 25.4. The van der Waals surface area contributed by atoms with Gasteiger partial charge in [-0.2, -0.15) is 0 Å². The molecule has 0 radical (unpaired) electrons. The molecule has 0 amide bonds. The van der Waals surface area contributed by atoms with Gasteiger partial charge >= 0.3 is 0 Å². The maximum atomic E-state index is 10.6. The van der Waals surface area contributed by atoms with Crippen LogP contribution in [0.3, 0.4) is 0 Å². The summed E-state index contributed by atoms with van der Waals surface area (Å²) in [5.74, 6) is 0. The van der Waals surface area contributed by atoms with E-state index >= 15 is 0 Å². The van der Waals surface area contributed by atoms with E-state index in [1.54, 1.807) is 0 Å². The van der Waals surface area contributed by atoms with Crippen molar-refractivity contribution < 1.29 is 5.11 Å². The largest absolute Gasteiger partial charge is 0.392 e. The lowest BCUT2D eigenvalue weighted by Gasteiger charge is -2.48. The minimum absolute atomic E-state index is 0. The number of hydrogen-bond acceptors (Lipinski definition) is 3. The van der Waals surface area contributed by atoms with Crippen LogP contribution in [0, 0.1) is 5.41 Å². The van der Waals surface area contributed by atoms with Gasteiger partial charge in [0.15, 0.2) is 0 Å². The molecular weight excluding hydrogens is 379 g/mol. The van der Waals surface area contributed by atoms with Crippen LogP contribution in [0.2, 0.25) is 0 Å². The summed E-state index contributed by atoms with van der Waals surface area (Å²) in [6, 6.07) is 19.4. The topological polar surface area (TPSA) is 35.5 Å². The number of aliphatic hydroxyl groups is 1. The number of aliphatic hydroxyl groups excluding tert-OH is 1. The third kappa shape index (κ3) is 4.85. The van der Waals surface area contributed by atoms with E-state index in [0.717, 1.165) is 45.6 Å². The van der Waals surface area contributed by atoms with Crippen LogP contribution in [0.25, 0.3) is 11.1 Å². The first-order valence-electron chi connectivity index (χ1n) is 9.51. The lowest BCUT2D eigenvalue weighted by atomic mass is 9.72. The first kappa shape index (κ1) is 22.2. The smallest absolute Gasteiger partial charge is 0.0633 e. The van der Waals surface area contributed by atoms with E-state index in [1.807, 2.05) is 0 Å². The van der Waals surface area contributed by atoms with Crippen molar-refractivity contribution in [2.75, 3.05) is 26.2 Å². The minimum atomic E-state index is -0.166. The van der Waals surface area contributed by atoms with Gasteiger partial charge in [-0.05, 0) is 49.0 Å². The SMILES string of the molecule is Cl.Cl.O[C@H]1CCNC[C@]12CCCN(Cc1ccccc1-c1ccccc1)C2. The van der Waals surface area contributed by atoms with Gasteiger partial charge in [-0.1, -0.05) is 54.6 Å². The van der Waals surface area contributed by atoms with Crippen molar-refractivity contribution in [2.24, 2.45) is 5.41 Å². The second-order valence-corrected chi connectivity index (χ2v) is 7.68. The van der Waals surface area contributed by atoms with Crippen molar-refractivity contribution in [1.29, 1.82) is 0 Å². The summed E-state index contributed by atoms with van der Waals surface area (Å²) >= 11 is 0. The zero-order valence-electron chi connectivity index (χ0n) is 15.6. The molecule has 0 aliphatic carbocycles. The molecular formula is C22H30Cl2N2O. The molecule has 2 aromatic carbocycles. The summed E-state index contributed by atoms with van der Waals surface area (Å²) in [4.78, 5) is 2.54. The van der Waals surface area contributed by atoms with E-state index < -0.39 is 0 Å². The van der Waals surface area contributed by atoms with Crippen LogP contribution in [-0.4, -0.2) is 42.3 Å². The Bertz CT molecular complexity index is 708. The number of piperidine rings is 2. The number of hydrogen-bond donors (Lipinski definition) is 2. The molecule has 0 unspecified atom stereocenters. The minimum Gasteiger partial charge on any atom is -0.392 e. The molecule has 2 atom stereocenters. The van der Waals surface area contributed by atoms with E-state index in [9.17, 15) is 5.11 Å². The number of rotatable bonds is 3. The first-order valence-corrected chi connectivity index (χ1v) is 9.51. The molecule has 2 aliphatic rings. The Hall–Kier alpha value is -1.10. The average molecular weight is 409 g/mol. The molecule has 148 valence electrons. The van der Waals surface area contributed by atoms with Crippen molar-refractivity contribution in [3.63, 3.8) is 0 Å². The molecule has 0 saturated carbocycles. The summed E-state index contributed by atoms with van der Waals surface area (Å²) in [7, 11) is 0. The summed E-state index contributed by atoms with van der Waals surface area (Å²) in [5.41, 5.74) is 4.02. The molecule has 2 heterocycles. The zero-order valence-corrected chi connectivity index (χ0v) is 17.3. The van der Waals surface area contributed by atoms with Gasteiger partial charge in [0.2, 0.25) is 0 Å². The highest BCUT2D eigenvalue weighted by molar-refractivity contribution is 5.85. The molecule has 0 bridgehead atoms. The van der Waals surface area contributed by atoms with Gasteiger partial charge < -0.3 is 10.4 Å². The van der Waals surface area contributed by atoms with Gasteiger partial charge in [0, 0.05) is 25.0 Å². The molecule has 2 fully saturated rings. The van der Waals surface area contributed by atoms with Crippen LogP contribution in [0.5, 0.6) is 0 Å². The molecule has 0 aromatic heterocycles. The van der Waals surface area contributed by atoms with Gasteiger partial charge in [0.1, 0.15) is 0 Å². The quantitative estimate of drug-likeness (QED) is 0.800. The summed E-state index contributed by atoms with van der Waals surface area (Å²) in [5, 5.41) is 14.1. The van der Waals surface area contributed by atoms with E-state index in [4.69, 9.17) is 0 Å². The van der Waals surface area contributed by atoms with Crippen LogP contribution in [0.15, 0.2) is 54.6 Å². The predicted octanol–water partition coefficient (Wildman–Crippen LogP) is 4.13. The molecule has 2 aliphatic heterocycles. The van der Waals surface area contributed by atoms with E-state index in [2.05, 4.69) is 64.8 Å². The lowest BCUT2D eigenvalue weighted by Crippen LogP contribution is -2.57. The van der Waals surface area contributed by atoms with E-state index in [0.29, 0.717) is 0 Å². The molecule has 2 aromatic rings. The van der Waals surface area contributed by atoms with Crippen molar-refractivity contribution in [2.45, 2.75) is 31.9 Å². The van der Waals surface area contributed by atoms with Crippen molar-refractivity contribution in [3.8, 4) is 11.1 Å². The number of halogens is 2. The second-order valence-electron chi connectivity index (χ2n) is 7.68. The fraction of sp³-hybridized carbons (Fsp3) is 0.455. The first-order chi connectivity index (χ1) is 12.3. The highest BCUT2D eigenvalue weighted by Crippen LogP contribution is 2.37. The van der Waals surface area contributed by atoms with Gasteiger partial charge in [0.25, 0.3) is 0 Å². The van der Waals surface area contributed by atoms with Gasteiger partial charge in [0.05, 0.1) is 6.10 Å². The van der Waals surface area contributed by atoms with Crippen LogP contribution < -0.4 is 5.32 Å². The van der Waals surface area contributed by atoms with Crippen molar-refractivity contribution in [3.05, 3.63) is 60.2 Å². The molecule has 2 saturated heterocycles. The van der Waals surface area contributed by atoms with Gasteiger partial charge in [-0.3, -0.25) is 4.90 Å². The van der Waals surface area contributed by atoms with Crippen LogP contribution in [-0.2, 0) is 6.54 Å². The monoisotopic (exact) mass is 408 g/mol. The highest BCUT2D eigenvalue weighted by Gasteiger charge is 2.42. The van der Waals surface area contributed by atoms with Crippen LogP contribution in [0.1, 0.15) is 24.8 Å². The molecule has 1 spiro atoms. The molecule has 2 N–H and O–H groups in total. The van der Waals surface area contributed by atoms with Crippen molar-refractivity contribution in [1.82, 2.24) is 10.2 Å². The molecule has 4 rings (SSSR count). The maximum Gasteiger partial charge on any atom is 0.0633 e. The third-order valence-electron chi connectivity index (χ3n) is 5.96. The summed E-state index contributed by atoms with van der Waals surface area (Å²) < 4.78 is 0. The van der Waals surface area contributed by atoms with Crippen LogP contribution in [0.4, 0.5) is 0 Å². The zero-order chi connectivity index (χ0) is 17.1. The molecule has 5 heteroatoms. The Balaban J connectivity index is 0.00000131. The second kappa shape index (κ2) is 9.90. The standard InChI is InChI=1S/C22H28N2O.2ClH/c25-21-11-13-23-16-22(21)12-6-14-24(17-22)15-19-9-4-5-10-20(19)18-7-2-1-3-8-18;;/h1-5,7-10,21,23,25H,6,11-17H2;2*1H/t21-,22-;;/m0../s1. The average Bonchev–Trinajstić information content (AvgIpc) is 2.66. The van der Waals surface area contributed by atoms with Crippen LogP contribution >= 0.6 is 24.8 Å². The molecule has 27 heavy (non-hydrogen) atoms. The Morgan fingerprint density at radius 1 is 1.04 bits per heavy atom. The summed E-state index contributed by atoms with van der Waals surface area (Å²) in [6.07, 6.45) is 3.03. The Morgan fingerprint density at radius 3 is 2.56 bits per heavy atom. The van der Waals surface area contributed by atoms with E-state index in [1.165, 1.54) is 23.1 Å². The Kier molecular flexibility index (Phi) is 8.14. The maximum absolute atomic E-state index is 10.6. The number of nitrogens with one attached hydrogen (secondary N) is 1. The Morgan fingerprint density at radius 2 is 1.78 bits per heavy atom. The number of benzene rings is 2. The Labute approximate surface area is 175 Å². The van der Waals surface area contributed by atoms with Gasteiger partial charge in [-0.15, -0.1) is 24.8 Å². The van der Waals surface area contributed by atoms with E-state index in [-0.39, 0.29) is 36.3 Å². The van der Waals surface area contributed by atoms with Gasteiger partial charge in [-0.25, -0.2) is 0 Å². The van der Waals surface area contributed by atoms with Crippen molar-refractivity contribution >= 4 is 24.8 Å². The fourth-order valence-electron chi connectivity index (χ4n) is 4.61. The number of nitrogens with zero attached hydrogens (tertiary/aromatic N) is 1.